The van der Waals surface area contributed by atoms with Gasteiger partial charge in [-0.05, 0) is 43.9 Å². The molecule has 1 saturated carbocycles. The summed E-state index contributed by atoms with van der Waals surface area (Å²) >= 11 is 6.07. The van der Waals surface area contributed by atoms with Crippen LogP contribution in [0.15, 0.2) is 18.2 Å². The molecule has 24 heavy (non-hydrogen) atoms. The molecule has 2 heterocycles. The smallest absolute Gasteiger partial charge is 0.229 e. The van der Waals surface area contributed by atoms with Crippen LogP contribution >= 0.6 is 11.6 Å². The van der Waals surface area contributed by atoms with E-state index >= 15 is 0 Å². The Hall–Kier alpha value is -1.37. The van der Waals surface area contributed by atoms with Gasteiger partial charge in [0.2, 0.25) is 5.91 Å². The second-order valence-electron chi connectivity index (χ2n) is 6.78. The highest BCUT2D eigenvalue weighted by atomic mass is 35.5. The fourth-order valence-electron chi connectivity index (χ4n) is 4.10. The third-order valence-electron chi connectivity index (χ3n) is 5.31. The molecule has 1 saturated heterocycles. The molecule has 1 amide bonds. The summed E-state index contributed by atoms with van der Waals surface area (Å²) in [6, 6.07) is 5.41. The summed E-state index contributed by atoms with van der Waals surface area (Å²) < 4.78 is 19.9. The lowest BCUT2D eigenvalue weighted by Crippen LogP contribution is -2.51. The van der Waals surface area contributed by atoms with Crippen LogP contribution in [0.25, 0.3) is 0 Å². The molecule has 7 heteroatoms. The van der Waals surface area contributed by atoms with Crippen molar-refractivity contribution in [2.45, 2.75) is 50.0 Å². The van der Waals surface area contributed by atoms with Crippen molar-refractivity contribution >= 4 is 17.5 Å². The van der Waals surface area contributed by atoms with Gasteiger partial charge in [-0.2, -0.15) is 0 Å². The number of carbonyl (C=O) groups is 1. The first-order valence-electron chi connectivity index (χ1n) is 8.51. The first-order valence-corrected chi connectivity index (χ1v) is 8.89. The molecule has 0 bridgehead atoms. The van der Waals surface area contributed by atoms with Crippen LogP contribution in [0.2, 0.25) is 5.02 Å². The number of benzene rings is 1. The Morgan fingerprint density at radius 1 is 1.29 bits per heavy atom. The zero-order valence-corrected chi connectivity index (χ0v) is 14.0. The lowest BCUT2D eigenvalue weighted by molar-refractivity contribution is -0.124. The number of rotatable bonds is 2. The second-order valence-corrected chi connectivity index (χ2v) is 7.21. The summed E-state index contributed by atoms with van der Waals surface area (Å²) in [7, 11) is 0. The quantitative estimate of drug-likeness (QED) is 0.763. The molecule has 5 atom stereocenters. The van der Waals surface area contributed by atoms with Crippen LogP contribution < -0.4 is 20.9 Å². The summed E-state index contributed by atoms with van der Waals surface area (Å²) in [5.74, 6) is 0.0399. The Bertz CT molecular complexity index is 644. The van der Waals surface area contributed by atoms with Crippen molar-refractivity contribution in [3.05, 3.63) is 28.8 Å². The third kappa shape index (κ3) is 2.87. The van der Waals surface area contributed by atoms with Crippen LogP contribution in [0.3, 0.4) is 0 Å². The number of halogens is 2. The van der Waals surface area contributed by atoms with Gasteiger partial charge in [-0.25, -0.2) is 9.82 Å². The molecule has 3 N–H and O–H groups in total. The highest BCUT2D eigenvalue weighted by Gasteiger charge is 2.44. The van der Waals surface area contributed by atoms with Crippen LogP contribution in [-0.2, 0) is 4.79 Å². The van der Waals surface area contributed by atoms with Gasteiger partial charge in [0.05, 0.1) is 18.7 Å². The maximum absolute atomic E-state index is 14.3. The average Bonchev–Trinajstić information content (AvgIpc) is 2.98. The standard InChI is InChI=1S/C17H21ClFN3O2/c18-9-4-5-14-11(8-9)10(6-7-24-14)17(23)20-16-15-12(19)2-1-3-13(15)21-22-16/h4-5,8,10,12-13,15-16,21-22H,1-3,6-7H2,(H,20,23). The number of hydrazine groups is 1. The fourth-order valence-corrected chi connectivity index (χ4v) is 4.28. The first kappa shape index (κ1) is 16.1. The van der Waals surface area contributed by atoms with Crippen molar-refractivity contribution < 1.29 is 13.9 Å². The van der Waals surface area contributed by atoms with E-state index in [1.807, 2.05) is 0 Å². The highest BCUT2D eigenvalue weighted by Crippen LogP contribution is 2.36. The summed E-state index contributed by atoms with van der Waals surface area (Å²) in [6.07, 6.45) is 1.68. The van der Waals surface area contributed by atoms with Gasteiger partial charge < -0.3 is 10.1 Å². The zero-order valence-electron chi connectivity index (χ0n) is 13.2. The average molecular weight is 354 g/mol. The van der Waals surface area contributed by atoms with Crippen LogP contribution in [0, 0.1) is 5.92 Å². The maximum Gasteiger partial charge on any atom is 0.229 e. The summed E-state index contributed by atoms with van der Waals surface area (Å²) in [4.78, 5) is 12.8. The Balaban J connectivity index is 1.50. The molecule has 0 spiro atoms. The number of ether oxygens (including phenoxy) is 1. The second kappa shape index (κ2) is 6.50. The number of alkyl halides is 1. The van der Waals surface area contributed by atoms with Gasteiger partial charge in [0.1, 0.15) is 11.9 Å². The van der Waals surface area contributed by atoms with E-state index < -0.39 is 6.17 Å². The van der Waals surface area contributed by atoms with E-state index in [4.69, 9.17) is 16.3 Å². The van der Waals surface area contributed by atoms with Gasteiger partial charge >= 0.3 is 0 Å². The summed E-state index contributed by atoms with van der Waals surface area (Å²) in [5, 5.41) is 3.57. The van der Waals surface area contributed by atoms with Gasteiger partial charge in [0.25, 0.3) is 0 Å². The molecule has 3 aliphatic rings. The SMILES string of the molecule is O=C(NC1NNC2CCCC(F)C21)C1CCOc2ccc(Cl)cc21. The van der Waals surface area contributed by atoms with Crippen LogP contribution in [-0.4, -0.2) is 30.9 Å². The Labute approximate surface area is 145 Å². The summed E-state index contributed by atoms with van der Waals surface area (Å²) in [6.45, 7) is 0.487. The van der Waals surface area contributed by atoms with Gasteiger partial charge in [-0.1, -0.05) is 11.6 Å². The minimum atomic E-state index is -0.895. The van der Waals surface area contributed by atoms with Crippen molar-refractivity contribution in [2.24, 2.45) is 5.92 Å². The molecule has 5 nitrogen and oxygen atoms in total. The molecule has 1 aliphatic carbocycles. The van der Waals surface area contributed by atoms with Crippen molar-refractivity contribution in [3.8, 4) is 5.75 Å². The Kier molecular flexibility index (Phi) is 4.37. The Morgan fingerprint density at radius 2 is 2.17 bits per heavy atom. The van der Waals surface area contributed by atoms with E-state index in [0.29, 0.717) is 30.2 Å². The van der Waals surface area contributed by atoms with Crippen LogP contribution in [0.1, 0.15) is 37.2 Å². The van der Waals surface area contributed by atoms with E-state index in [-0.39, 0.29) is 30.0 Å². The van der Waals surface area contributed by atoms with Crippen molar-refractivity contribution in [1.29, 1.82) is 0 Å². The number of amides is 1. The molecule has 5 unspecified atom stereocenters. The first-order chi connectivity index (χ1) is 11.6. The van der Waals surface area contributed by atoms with Crippen molar-refractivity contribution in [1.82, 2.24) is 16.2 Å². The van der Waals surface area contributed by atoms with Crippen LogP contribution in [0.4, 0.5) is 4.39 Å². The minimum absolute atomic E-state index is 0.0791. The number of hydrogen-bond donors (Lipinski definition) is 3. The molecule has 1 aromatic rings. The lowest BCUT2D eigenvalue weighted by atomic mass is 9.82. The molecule has 2 aliphatic heterocycles. The molecule has 0 radical (unpaired) electrons. The number of hydrogen-bond acceptors (Lipinski definition) is 4. The van der Waals surface area contributed by atoms with Crippen LogP contribution in [0.5, 0.6) is 5.75 Å². The van der Waals surface area contributed by atoms with E-state index in [9.17, 15) is 9.18 Å². The largest absolute Gasteiger partial charge is 0.493 e. The van der Waals surface area contributed by atoms with Crippen molar-refractivity contribution in [3.63, 3.8) is 0 Å². The monoisotopic (exact) mass is 353 g/mol. The molecular formula is C17H21ClFN3O2. The normalized spacial score (nSPS) is 34.8. The van der Waals surface area contributed by atoms with Gasteiger partial charge in [-0.15, -0.1) is 0 Å². The van der Waals surface area contributed by atoms with E-state index in [1.54, 1.807) is 18.2 Å². The molecular weight excluding hydrogens is 333 g/mol. The third-order valence-corrected chi connectivity index (χ3v) is 5.55. The maximum atomic E-state index is 14.3. The predicted molar refractivity (Wildman–Crippen MR) is 88.5 cm³/mol. The molecule has 2 fully saturated rings. The summed E-state index contributed by atoms with van der Waals surface area (Å²) in [5.41, 5.74) is 6.98. The van der Waals surface area contributed by atoms with Crippen molar-refractivity contribution in [2.75, 3.05) is 6.61 Å². The molecule has 0 aromatic heterocycles. The minimum Gasteiger partial charge on any atom is -0.493 e. The van der Waals surface area contributed by atoms with Gasteiger partial charge in [-0.3, -0.25) is 10.2 Å². The van der Waals surface area contributed by atoms with E-state index in [0.717, 1.165) is 18.4 Å². The lowest BCUT2D eigenvalue weighted by Gasteiger charge is -2.32. The zero-order chi connectivity index (χ0) is 16.7. The molecule has 1 aromatic carbocycles. The number of fused-ring (bicyclic) bond motifs is 2. The highest BCUT2D eigenvalue weighted by molar-refractivity contribution is 6.30. The van der Waals surface area contributed by atoms with E-state index in [2.05, 4.69) is 16.2 Å². The van der Waals surface area contributed by atoms with Gasteiger partial charge in [0, 0.05) is 22.5 Å². The number of nitrogens with one attached hydrogen (secondary N) is 3. The fraction of sp³-hybridized carbons (Fsp3) is 0.588. The topological polar surface area (TPSA) is 62.4 Å². The van der Waals surface area contributed by atoms with Gasteiger partial charge in [0.15, 0.2) is 0 Å². The van der Waals surface area contributed by atoms with E-state index in [1.165, 1.54) is 0 Å². The Morgan fingerprint density at radius 3 is 3.04 bits per heavy atom. The molecule has 130 valence electrons. The molecule has 4 rings (SSSR count). The predicted octanol–water partition coefficient (Wildman–Crippen LogP) is 2.26. The number of carbonyl (C=O) groups excluding carboxylic acids is 1.